The summed E-state index contributed by atoms with van der Waals surface area (Å²) in [7, 11) is 1.72. The zero-order valence-corrected chi connectivity index (χ0v) is 22.3. The summed E-state index contributed by atoms with van der Waals surface area (Å²) in [4.78, 5) is 0. The summed E-state index contributed by atoms with van der Waals surface area (Å²) in [5.74, 6) is 5.99. The number of methoxy groups -OCH3 is 1. The molecule has 0 aromatic rings. The number of rotatable bonds is 9. The Morgan fingerprint density at radius 3 is 2.59 bits per heavy atom. The van der Waals surface area contributed by atoms with Crippen molar-refractivity contribution in [2.45, 2.75) is 104 Å². The fourth-order valence-electron chi connectivity index (χ4n) is 9.00. The second-order valence-corrected chi connectivity index (χ2v) is 12.9. The molecule has 0 bridgehead atoms. The molecule has 2 nitrogen and oxygen atoms in total. The molecule has 0 radical (unpaired) electrons. The van der Waals surface area contributed by atoms with E-state index < -0.39 is 0 Å². The van der Waals surface area contributed by atoms with Gasteiger partial charge in [-0.3, -0.25) is 0 Å². The van der Waals surface area contributed by atoms with Crippen molar-refractivity contribution in [2.75, 3.05) is 19.8 Å². The van der Waals surface area contributed by atoms with Crippen LogP contribution in [0.1, 0.15) is 98.3 Å². The maximum Gasteiger partial charge on any atom is 0.146 e. The van der Waals surface area contributed by atoms with Crippen molar-refractivity contribution in [3.8, 4) is 0 Å². The van der Waals surface area contributed by atoms with E-state index in [1.54, 1.807) is 12.7 Å². The number of hydrogen-bond acceptors (Lipinski definition) is 2. The van der Waals surface area contributed by atoms with Crippen LogP contribution in [-0.2, 0) is 9.47 Å². The third-order valence-electron chi connectivity index (χ3n) is 10.6. The van der Waals surface area contributed by atoms with Gasteiger partial charge in [-0.25, -0.2) is 0 Å². The van der Waals surface area contributed by atoms with Crippen molar-refractivity contribution in [1.82, 2.24) is 0 Å². The SMILES string of the molecule is COCO[C@H]1CC[C@@]2(CCl)C(=CC[C@@H]3[C@@H]2CC[C@]2(C)[C@@H]([C@H](C)CCCC(C)C)CC[C@@H]32)C1. The Morgan fingerprint density at radius 1 is 1.06 bits per heavy atom. The van der Waals surface area contributed by atoms with Crippen molar-refractivity contribution in [3.05, 3.63) is 11.6 Å². The summed E-state index contributed by atoms with van der Waals surface area (Å²) in [6.45, 7) is 10.4. The van der Waals surface area contributed by atoms with Gasteiger partial charge in [0.25, 0.3) is 0 Å². The van der Waals surface area contributed by atoms with Crippen LogP contribution in [0.25, 0.3) is 0 Å². The molecule has 32 heavy (non-hydrogen) atoms. The minimum Gasteiger partial charge on any atom is -0.359 e. The molecule has 4 aliphatic carbocycles. The molecule has 0 aromatic carbocycles. The van der Waals surface area contributed by atoms with Crippen LogP contribution in [0.5, 0.6) is 0 Å². The third kappa shape index (κ3) is 4.47. The van der Waals surface area contributed by atoms with Gasteiger partial charge in [0, 0.05) is 18.4 Å². The molecule has 0 spiro atoms. The lowest BCUT2D eigenvalue weighted by molar-refractivity contribution is -0.0979. The van der Waals surface area contributed by atoms with Gasteiger partial charge in [-0.05, 0) is 92.3 Å². The number of fused-ring (bicyclic) bond motifs is 5. The van der Waals surface area contributed by atoms with E-state index in [4.69, 9.17) is 21.1 Å². The molecule has 0 aliphatic heterocycles. The van der Waals surface area contributed by atoms with Gasteiger partial charge in [-0.15, -0.1) is 11.6 Å². The summed E-state index contributed by atoms with van der Waals surface area (Å²) < 4.78 is 11.1. The van der Waals surface area contributed by atoms with Crippen LogP contribution in [0.2, 0.25) is 0 Å². The molecule has 0 heterocycles. The van der Waals surface area contributed by atoms with Crippen molar-refractivity contribution < 1.29 is 9.47 Å². The molecule has 3 fully saturated rings. The van der Waals surface area contributed by atoms with Crippen molar-refractivity contribution in [2.24, 2.45) is 46.3 Å². The Bertz CT molecular complexity index is 660. The molecule has 0 unspecified atom stereocenters. The van der Waals surface area contributed by atoms with Crippen molar-refractivity contribution in [1.29, 1.82) is 0 Å². The minimum atomic E-state index is 0.236. The topological polar surface area (TPSA) is 18.5 Å². The van der Waals surface area contributed by atoms with Crippen LogP contribution < -0.4 is 0 Å². The molecule has 0 amide bonds. The summed E-state index contributed by atoms with van der Waals surface area (Å²) in [6.07, 6.45) is 17.6. The first-order valence-electron chi connectivity index (χ1n) is 13.7. The van der Waals surface area contributed by atoms with E-state index in [2.05, 4.69) is 33.8 Å². The Morgan fingerprint density at radius 2 is 1.88 bits per heavy atom. The normalized spacial score (nSPS) is 42.2. The Hall–Kier alpha value is -0.0500. The summed E-state index contributed by atoms with van der Waals surface area (Å²) >= 11 is 6.85. The quantitative estimate of drug-likeness (QED) is 0.194. The second-order valence-electron chi connectivity index (χ2n) is 12.6. The first kappa shape index (κ1) is 25.1. The highest BCUT2D eigenvalue weighted by molar-refractivity contribution is 6.18. The lowest BCUT2D eigenvalue weighted by Crippen LogP contribution is -2.52. The molecule has 0 N–H and O–H groups in total. The second kappa shape index (κ2) is 10.3. The van der Waals surface area contributed by atoms with Crippen LogP contribution in [0.15, 0.2) is 11.6 Å². The molecule has 8 atom stereocenters. The molecule has 3 saturated carbocycles. The number of alkyl halides is 1. The molecule has 4 aliphatic rings. The fourth-order valence-corrected chi connectivity index (χ4v) is 9.51. The molecular formula is C29H49ClO2. The van der Waals surface area contributed by atoms with Gasteiger partial charge < -0.3 is 9.47 Å². The highest BCUT2D eigenvalue weighted by Crippen LogP contribution is 2.67. The van der Waals surface area contributed by atoms with Gasteiger partial charge in [0.1, 0.15) is 6.79 Å². The Kier molecular flexibility index (Phi) is 8.05. The number of allylic oxidation sites excluding steroid dienone is 1. The smallest absolute Gasteiger partial charge is 0.146 e. The van der Waals surface area contributed by atoms with Crippen LogP contribution in [0, 0.1) is 46.3 Å². The predicted octanol–water partition coefficient (Wildman–Crippen LogP) is 8.24. The van der Waals surface area contributed by atoms with Gasteiger partial charge in [0.05, 0.1) is 6.10 Å². The zero-order valence-electron chi connectivity index (χ0n) is 21.5. The van der Waals surface area contributed by atoms with Gasteiger partial charge in [0.2, 0.25) is 0 Å². The van der Waals surface area contributed by atoms with Crippen molar-refractivity contribution in [3.63, 3.8) is 0 Å². The molecule has 4 rings (SSSR count). The predicted molar refractivity (Wildman–Crippen MR) is 135 cm³/mol. The molecule has 0 saturated heterocycles. The largest absolute Gasteiger partial charge is 0.359 e. The van der Waals surface area contributed by atoms with E-state index in [1.165, 1.54) is 57.8 Å². The Balaban J connectivity index is 1.48. The molecule has 0 aromatic heterocycles. The van der Waals surface area contributed by atoms with Crippen LogP contribution >= 0.6 is 11.6 Å². The van der Waals surface area contributed by atoms with Crippen LogP contribution in [0.3, 0.4) is 0 Å². The van der Waals surface area contributed by atoms with Gasteiger partial charge in [-0.2, -0.15) is 0 Å². The summed E-state index contributed by atoms with van der Waals surface area (Å²) in [5, 5.41) is 0. The lowest BCUT2D eigenvalue weighted by Gasteiger charge is -2.59. The first-order chi connectivity index (χ1) is 15.4. The van der Waals surface area contributed by atoms with E-state index >= 15 is 0 Å². The van der Waals surface area contributed by atoms with E-state index in [1.807, 2.05) is 0 Å². The first-order valence-corrected chi connectivity index (χ1v) is 14.2. The van der Waals surface area contributed by atoms with E-state index in [0.717, 1.165) is 54.2 Å². The maximum atomic E-state index is 6.85. The fraction of sp³-hybridized carbons (Fsp3) is 0.931. The number of ether oxygens (including phenoxy) is 2. The zero-order chi connectivity index (χ0) is 22.9. The summed E-state index contributed by atoms with van der Waals surface area (Å²) in [6, 6.07) is 0. The Labute approximate surface area is 203 Å². The highest BCUT2D eigenvalue weighted by Gasteiger charge is 2.60. The standard InChI is InChI=1S/C29H49ClO2/c1-20(2)7-6-8-21(3)25-11-12-26-24-10-9-22-17-23(32-19-31-5)13-16-29(22,18-30)27(24)14-15-28(25,26)4/h9,20-21,23-27H,6-8,10-19H2,1-5H3/t21-,23+,24+,25-,26+,27+,28-,29-/m1/s1. The highest BCUT2D eigenvalue weighted by atomic mass is 35.5. The lowest BCUT2D eigenvalue weighted by atomic mass is 9.47. The average Bonchev–Trinajstić information content (AvgIpc) is 3.14. The number of halogens is 1. The maximum absolute atomic E-state index is 6.85. The van der Waals surface area contributed by atoms with E-state index in [0.29, 0.717) is 18.3 Å². The van der Waals surface area contributed by atoms with Gasteiger partial charge >= 0.3 is 0 Å². The average molecular weight is 465 g/mol. The van der Waals surface area contributed by atoms with E-state index in [-0.39, 0.29) is 5.41 Å². The van der Waals surface area contributed by atoms with Crippen molar-refractivity contribution >= 4 is 11.6 Å². The number of hydrogen-bond donors (Lipinski definition) is 0. The minimum absolute atomic E-state index is 0.236. The molecule has 3 heteroatoms. The monoisotopic (exact) mass is 464 g/mol. The van der Waals surface area contributed by atoms with Gasteiger partial charge in [-0.1, -0.05) is 58.6 Å². The molecular weight excluding hydrogens is 416 g/mol. The molecule has 184 valence electrons. The van der Waals surface area contributed by atoms with Crippen LogP contribution in [0.4, 0.5) is 0 Å². The van der Waals surface area contributed by atoms with Crippen LogP contribution in [-0.4, -0.2) is 25.9 Å². The third-order valence-corrected chi connectivity index (χ3v) is 11.1. The van der Waals surface area contributed by atoms with Gasteiger partial charge in [0.15, 0.2) is 0 Å². The van der Waals surface area contributed by atoms with E-state index in [9.17, 15) is 0 Å². The summed E-state index contributed by atoms with van der Waals surface area (Å²) in [5.41, 5.74) is 2.41.